The van der Waals surface area contributed by atoms with Crippen LogP contribution in [0.25, 0.3) is 0 Å². The van der Waals surface area contributed by atoms with Gasteiger partial charge < -0.3 is 15.5 Å². The lowest BCUT2D eigenvalue weighted by Gasteiger charge is -2.36. The van der Waals surface area contributed by atoms with Crippen LogP contribution in [0.3, 0.4) is 0 Å². The minimum Gasteiger partial charge on any atom is -0.337 e. The summed E-state index contributed by atoms with van der Waals surface area (Å²) in [6.07, 6.45) is 0. The van der Waals surface area contributed by atoms with Crippen LogP contribution >= 0.6 is 12.4 Å². The molecule has 2 N–H and O–H groups in total. The molecule has 0 aliphatic carbocycles. The normalized spacial score (nSPS) is 15.1. The number of aryl methyl sites for hydroxylation is 1. The summed E-state index contributed by atoms with van der Waals surface area (Å²) in [5, 5.41) is 0. The van der Waals surface area contributed by atoms with Crippen LogP contribution in [0.5, 0.6) is 0 Å². The van der Waals surface area contributed by atoms with Gasteiger partial charge in [-0.3, -0.25) is 9.59 Å². The van der Waals surface area contributed by atoms with Gasteiger partial charge in [-0.05, 0) is 30.7 Å². The van der Waals surface area contributed by atoms with Crippen molar-refractivity contribution in [3.8, 4) is 0 Å². The maximum absolute atomic E-state index is 13.3. The van der Waals surface area contributed by atoms with Crippen LogP contribution in [0.1, 0.15) is 27.5 Å². The minimum absolute atomic E-state index is 0. The van der Waals surface area contributed by atoms with Gasteiger partial charge in [0.1, 0.15) is 11.9 Å². The van der Waals surface area contributed by atoms with Gasteiger partial charge >= 0.3 is 0 Å². The first-order valence-corrected chi connectivity index (χ1v) is 8.61. The zero-order chi connectivity index (χ0) is 18.7. The summed E-state index contributed by atoms with van der Waals surface area (Å²) >= 11 is 0. The Bertz CT molecular complexity index is 805. The number of carbonyl (C=O) groups is 2. The first kappa shape index (κ1) is 20.9. The minimum atomic E-state index is -0.707. The molecule has 1 aliphatic heterocycles. The number of carbonyl (C=O) groups excluding carboxylic acids is 2. The number of rotatable bonds is 3. The maximum Gasteiger partial charge on any atom is 0.254 e. The topological polar surface area (TPSA) is 66.6 Å². The van der Waals surface area contributed by atoms with Crippen molar-refractivity contribution in [2.45, 2.75) is 13.0 Å². The van der Waals surface area contributed by atoms with Crippen molar-refractivity contribution in [2.75, 3.05) is 26.2 Å². The average Bonchev–Trinajstić information content (AvgIpc) is 2.67. The van der Waals surface area contributed by atoms with E-state index in [9.17, 15) is 14.0 Å². The largest absolute Gasteiger partial charge is 0.337 e. The molecule has 1 saturated heterocycles. The number of hydrogen-bond donors (Lipinski definition) is 1. The smallest absolute Gasteiger partial charge is 0.254 e. The Morgan fingerprint density at radius 3 is 2.19 bits per heavy atom. The standard InChI is InChI=1S/C20H22FN3O2.ClH/c1-14-5-7-15(8-6-14)18(22)20(26)24-11-9-23(10-12-24)19(25)16-3-2-4-17(21)13-16;/h2-8,13,18H,9-12,22H2,1H3;1H. The molecule has 144 valence electrons. The van der Waals surface area contributed by atoms with Gasteiger partial charge in [-0.15, -0.1) is 12.4 Å². The highest BCUT2D eigenvalue weighted by Crippen LogP contribution is 2.17. The molecule has 0 bridgehead atoms. The molecule has 2 aromatic rings. The molecule has 7 heteroatoms. The molecule has 1 heterocycles. The Balaban J connectivity index is 0.00000261. The molecular weight excluding hydrogens is 369 g/mol. The number of nitrogens with two attached hydrogens (primary N) is 1. The number of nitrogens with zero attached hydrogens (tertiary/aromatic N) is 2. The van der Waals surface area contributed by atoms with E-state index in [1.54, 1.807) is 15.9 Å². The summed E-state index contributed by atoms with van der Waals surface area (Å²) in [5.74, 6) is -0.806. The summed E-state index contributed by atoms with van der Waals surface area (Å²) in [6.45, 7) is 3.62. The van der Waals surface area contributed by atoms with Gasteiger partial charge in [-0.25, -0.2) is 4.39 Å². The lowest BCUT2D eigenvalue weighted by molar-refractivity contribution is -0.134. The lowest BCUT2D eigenvalue weighted by Crippen LogP contribution is -2.52. The van der Waals surface area contributed by atoms with Crippen molar-refractivity contribution in [2.24, 2.45) is 5.73 Å². The zero-order valence-electron chi connectivity index (χ0n) is 15.1. The van der Waals surface area contributed by atoms with Crippen molar-refractivity contribution >= 4 is 24.2 Å². The highest BCUT2D eigenvalue weighted by molar-refractivity contribution is 5.94. The lowest BCUT2D eigenvalue weighted by atomic mass is 10.0. The van der Waals surface area contributed by atoms with E-state index in [1.165, 1.54) is 18.2 Å². The number of piperazine rings is 1. The predicted molar refractivity (Wildman–Crippen MR) is 104 cm³/mol. The van der Waals surface area contributed by atoms with Gasteiger partial charge in [0.15, 0.2) is 0 Å². The fraction of sp³-hybridized carbons (Fsp3) is 0.300. The maximum atomic E-state index is 13.3. The van der Waals surface area contributed by atoms with Crippen molar-refractivity contribution in [1.82, 2.24) is 9.80 Å². The monoisotopic (exact) mass is 391 g/mol. The van der Waals surface area contributed by atoms with Crippen molar-refractivity contribution in [1.29, 1.82) is 0 Å². The Hall–Kier alpha value is -2.44. The third kappa shape index (κ3) is 4.84. The van der Waals surface area contributed by atoms with Crippen molar-refractivity contribution in [3.63, 3.8) is 0 Å². The van der Waals surface area contributed by atoms with Gasteiger partial charge in [-0.1, -0.05) is 35.9 Å². The summed E-state index contributed by atoms with van der Waals surface area (Å²) in [5.41, 5.74) is 8.31. The molecule has 5 nitrogen and oxygen atoms in total. The van der Waals surface area contributed by atoms with Crippen LogP contribution in [-0.2, 0) is 4.79 Å². The van der Waals surface area contributed by atoms with E-state index in [0.717, 1.165) is 11.1 Å². The molecule has 2 amide bonds. The molecule has 0 spiro atoms. The van der Waals surface area contributed by atoms with Crippen LogP contribution < -0.4 is 5.73 Å². The Morgan fingerprint density at radius 2 is 1.59 bits per heavy atom. The SMILES string of the molecule is Cc1ccc(C(N)C(=O)N2CCN(C(=O)c3cccc(F)c3)CC2)cc1.Cl. The van der Waals surface area contributed by atoms with Gasteiger partial charge in [0.05, 0.1) is 0 Å². The van der Waals surface area contributed by atoms with E-state index < -0.39 is 11.9 Å². The van der Waals surface area contributed by atoms with Crippen LogP contribution in [0, 0.1) is 12.7 Å². The number of halogens is 2. The van der Waals surface area contributed by atoms with Gasteiger partial charge in [0.25, 0.3) is 5.91 Å². The summed E-state index contributed by atoms with van der Waals surface area (Å²) in [6, 6.07) is 12.5. The number of amides is 2. The third-order valence-electron chi connectivity index (χ3n) is 4.65. The van der Waals surface area contributed by atoms with E-state index in [0.29, 0.717) is 31.7 Å². The van der Waals surface area contributed by atoms with Gasteiger partial charge in [0, 0.05) is 31.7 Å². The molecule has 0 aromatic heterocycles. The summed E-state index contributed by atoms with van der Waals surface area (Å²) in [7, 11) is 0. The summed E-state index contributed by atoms with van der Waals surface area (Å²) < 4.78 is 13.3. The predicted octanol–water partition coefficient (Wildman–Crippen LogP) is 2.54. The van der Waals surface area contributed by atoms with E-state index in [2.05, 4.69) is 0 Å². The van der Waals surface area contributed by atoms with Crippen LogP contribution in [0.4, 0.5) is 4.39 Å². The molecule has 2 aromatic carbocycles. The quantitative estimate of drug-likeness (QED) is 0.874. The van der Waals surface area contributed by atoms with Gasteiger partial charge in [-0.2, -0.15) is 0 Å². The first-order valence-electron chi connectivity index (χ1n) is 8.61. The third-order valence-corrected chi connectivity index (χ3v) is 4.65. The fourth-order valence-electron chi connectivity index (χ4n) is 3.05. The van der Waals surface area contributed by atoms with Crippen LogP contribution in [0.2, 0.25) is 0 Å². The molecule has 1 atom stereocenters. The Labute approximate surface area is 164 Å². The molecule has 0 saturated carbocycles. The van der Waals surface area contributed by atoms with Crippen LogP contribution in [0.15, 0.2) is 48.5 Å². The van der Waals surface area contributed by atoms with E-state index in [-0.39, 0.29) is 24.2 Å². The Morgan fingerprint density at radius 1 is 1.00 bits per heavy atom. The van der Waals surface area contributed by atoms with E-state index in [1.807, 2.05) is 31.2 Å². The molecule has 3 rings (SSSR count). The van der Waals surface area contributed by atoms with E-state index in [4.69, 9.17) is 5.73 Å². The molecule has 27 heavy (non-hydrogen) atoms. The number of hydrogen-bond acceptors (Lipinski definition) is 3. The molecular formula is C20H23ClFN3O2. The molecule has 1 aliphatic rings. The number of benzene rings is 2. The van der Waals surface area contributed by atoms with Crippen molar-refractivity contribution < 1.29 is 14.0 Å². The first-order chi connectivity index (χ1) is 12.5. The fourth-order valence-corrected chi connectivity index (χ4v) is 3.05. The second-order valence-electron chi connectivity index (χ2n) is 6.52. The second-order valence-corrected chi connectivity index (χ2v) is 6.52. The second kappa shape index (κ2) is 8.97. The highest BCUT2D eigenvalue weighted by atomic mass is 35.5. The van der Waals surface area contributed by atoms with E-state index >= 15 is 0 Å². The highest BCUT2D eigenvalue weighted by Gasteiger charge is 2.28. The molecule has 0 radical (unpaired) electrons. The zero-order valence-corrected chi connectivity index (χ0v) is 15.9. The van der Waals surface area contributed by atoms with Gasteiger partial charge in [0.2, 0.25) is 5.91 Å². The summed E-state index contributed by atoms with van der Waals surface area (Å²) in [4.78, 5) is 28.4. The Kier molecular flexibility index (Phi) is 6.93. The molecule has 1 fully saturated rings. The molecule has 1 unspecified atom stereocenters. The van der Waals surface area contributed by atoms with Crippen molar-refractivity contribution in [3.05, 3.63) is 71.0 Å². The van der Waals surface area contributed by atoms with Crippen LogP contribution in [-0.4, -0.2) is 47.8 Å². The average molecular weight is 392 g/mol.